The van der Waals surface area contributed by atoms with Crippen LogP contribution in [0.15, 0.2) is 12.3 Å². The minimum Gasteiger partial charge on any atom is -0.490 e. The maximum atomic E-state index is 6.13. The van der Waals surface area contributed by atoms with Gasteiger partial charge in [-0.2, -0.15) is 5.10 Å². The van der Waals surface area contributed by atoms with Crippen LogP contribution in [0.3, 0.4) is 0 Å². The van der Waals surface area contributed by atoms with E-state index in [1.165, 1.54) is 17.7 Å². The van der Waals surface area contributed by atoms with Crippen LogP contribution in [0.25, 0.3) is 5.52 Å². The summed E-state index contributed by atoms with van der Waals surface area (Å²) in [6.45, 7) is 10.5. The molecule has 1 aliphatic rings. The van der Waals surface area contributed by atoms with Gasteiger partial charge in [-0.05, 0) is 58.6 Å². The summed E-state index contributed by atoms with van der Waals surface area (Å²) in [5, 5.41) is 4.45. The Kier molecular flexibility index (Phi) is 4.48. The highest BCUT2D eigenvalue weighted by molar-refractivity contribution is 5.77. The van der Waals surface area contributed by atoms with Crippen LogP contribution in [-0.2, 0) is 12.8 Å². The fraction of sp³-hybridized carbons (Fsp3) is 0.611. The molecule has 0 atom stereocenters. The third-order valence-corrected chi connectivity index (χ3v) is 4.76. The third-order valence-electron chi connectivity index (χ3n) is 4.76. The Morgan fingerprint density at radius 3 is 2.70 bits per heavy atom. The molecule has 0 aliphatic heterocycles. The molecule has 0 aromatic carbocycles. The van der Waals surface area contributed by atoms with E-state index < -0.39 is 0 Å². The Labute approximate surface area is 138 Å². The first-order valence-corrected chi connectivity index (χ1v) is 8.65. The molecule has 5 heteroatoms. The first kappa shape index (κ1) is 16.1. The molecule has 2 heterocycles. The number of nitrogens with zero attached hydrogens (tertiary/aromatic N) is 3. The van der Waals surface area contributed by atoms with Crippen molar-refractivity contribution in [2.45, 2.75) is 59.0 Å². The van der Waals surface area contributed by atoms with Gasteiger partial charge in [0.05, 0.1) is 11.9 Å². The Balaban J connectivity index is 1.81. The van der Waals surface area contributed by atoms with E-state index in [-0.39, 0.29) is 0 Å². The molecular formula is C18H28N4O. The standard InChI is InChI=1S/C18H28N4O/c1-12(2)21(13(3)4)8-9-23-17-10-14-6-5-7-16(14)22-18(17)15(19)11-20-22/h10-13H,5-9,19H2,1-4H3. The largest absolute Gasteiger partial charge is 0.490 e. The van der Waals surface area contributed by atoms with Gasteiger partial charge in [-0.15, -0.1) is 0 Å². The van der Waals surface area contributed by atoms with E-state index in [1.54, 1.807) is 6.20 Å². The molecule has 2 N–H and O–H groups in total. The van der Waals surface area contributed by atoms with Gasteiger partial charge in [-0.25, -0.2) is 4.52 Å². The highest BCUT2D eigenvalue weighted by Gasteiger charge is 2.20. The highest BCUT2D eigenvalue weighted by Crippen LogP contribution is 2.33. The summed E-state index contributed by atoms with van der Waals surface area (Å²) in [7, 11) is 0. The number of rotatable bonds is 6. The van der Waals surface area contributed by atoms with E-state index in [2.05, 4.69) is 43.8 Å². The fourth-order valence-electron chi connectivity index (χ4n) is 3.67. The minimum atomic E-state index is 0.513. The summed E-state index contributed by atoms with van der Waals surface area (Å²) < 4.78 is 8.11. The number of fused-ring (bicyclic) bond motifs is 3. The van der Waals surface area contributed by atoms with Gasteiger partial charge >= 0.3 is 0 Å². The fourth-order valence-corrected chi connectivity index (χ4v) is 3.67. The van der Waals surface area contributed by atoms with Crippen molar-refractivity contribution in [3.8, 4) is 5.75 Å². The minimum absolute atomic E-state index is 0.513. The Morgan fingerprint density at radius 2 is 2.00 bits per heavy atom. The summed E-state index contributed by atoms with van der Waals surface area (Å²) in [6.07, 6.45) is 5.09. The second-order valence-corrected chi connectivity index (χ2v) is 6.97. The van der Waals surface area contributed by atoms with Crippen LogP contribution in [0.2, 0.25) is 0 Å². The first-order valence-electron chi connectivity index (χ1n) is 8.65. The molecule has 0 saturated heterocycles. The van der Waals surface area contributed by atoms with Crippen molar-refractivity contribution >= 4 is 11.2 Å². The highest BCUT2D eigenvalue weighted by atomic mass is 16.5. The molecule has 0 amide bonds. The number of hydrogen-bond acceptors (Lipinski definition) is 4. The van der Waals surface area contributed by atoms with Gasteiger partial charge < -0.3 is 10.5 Å². The van der Waals surface area contributed by atoms with Crippen LogP contribution in [0.4, 0.5) is 5.69 Å². The predicted octanol–water partition coefficient (Wildman–Crippen LogP) is 2.90. The van der Waals surface area contributed by atoms with Crippen LogP contribution in [0, 0.1) is 0 Å². The number of nitrogen functional groups attached to an aromatic ring is 1. The second-order valence-electron chi connectivity index (χ2n) is 6.97. The number of ether oxygens (including phenoxy) is 1. The lowest BCUT2D eigenvalue weighted by atomic mass is 10.2. The van der Waals surface area contributed by atoms with E-state index in [9.17, 15) is 0 Å². The lowest BCUT2D eigenvalue weighted by molar-refractivity contribution is 0.142. The third kappa shape index (κ3) is 3.02. The van der Waals surface area contributed by atoms with Crippen molar-refractivity contribution in [2.24, 2.45) is 0 Å². The Bertz CT molecular complexity index is 682. The number of aromatic nitrogens is 2. The van der Waals surface area contributed by atoms with E-state index in [1.807, 2.05) is 4.52 Å². The molecule has 2 aromatic heterocycles. The van der Waals surface area contributed by atoms with Gasteiger partial charge in [0, 0.05) is 24.3 Å². The maximum absolute atomic E-state index is 6.13. The summed E-state index contributed by atoms with van der Waals surface area (Å²) in [5.41, 5.74) is 10.4. The zero-order chi connectivity index (χ0) is 16.6. The van der Waals surface area contributed by atoms with Gasteiger partial charge in [-0.3, -0.25) is 4.90 Å². The van der Waals surface area contributed by atoms with Gasteiger partial charge in [0.25, 0.3) is 0 Å². The monoisotopic (exact) mass is 316 g/mol. The van der Waals surface area contributed by atoms with E-state index in [0.717, 1.165) is 30.7 Å². The molecule has 0 spiro atoms. The van der Waals surface area contributed by atoms with Crippen molar-refractivity contribution in [3.05, 3.63) is 23.5 Å². The normalized spacial score (nSPS) is 14.4. The van der Waals surface area contributed by atoms with Crippen molar-refractivity contribution in [1.29, 1.82) is 0 Å². The first-order chi connectivity index (χ1) is 11.0. The number of aryl methyl sites for hydroxylation is 2. The zero-order valence-electron chi connectivity index (χ0n) is 14.7. The molecule has 0 radical (unpaired) electrons. The van der Waals surface area contributed by atoms with Gasteiger partial charge in [-0.1, -0.05) is 0 Å². The predicted molar refractivity (Wildman–Crippen MR) is 94.1 cm³/mol. The van der Waals surface area contributed by atoms with Gasteiger partial charge in [0.15, 0.2) is 0 Å². The molecule has 5 nitrogen and oxygen atoms in total. The van der Waals surface area contributed by atoms with Crippen molar-refractivity contribution in [1.82, 2.24) is 14.5 Å². The average Bonchev–Trinajstić information content (AvgIpc) is 3.09. The number of anilines is 1. The van der Waals surface area contributed by atoms with Crippen LogP contribution in [0.5, 0.6) is 5.75 Å². The lowest BCUT2D eigenvalue weighted by Gasteiger charge is -2.30. The second kappa shape index (κ2) is 6.40. The van der Waals surface area contributed by atoms with Gasteiger partial charge in [0.1, 0.15) is 17.9 Å². The maximum Gasteiger partial charge on any atom is 0.147 e. The van der Waals surface area contributed by atoms with E-state index in [4.69, 9.17) is 10.5 Å². The Hall–Kier alpha value is -1.75. The van der Waals surface area contributed by atoms with E-state index in [0.29, 0.717) is 24.4 Å². The molecule has 3 rings (SSSR count). The molecule has 2 aromatic rings. The van der Waals surface area contributed by atoms with Crippen LogP contribution < -0.4 is 10.5 Å². The summed E-state index contributed by atoms with van der Waals surface area (Å²) in [6, 6.07) is 3.20. The van der Waals surface area contributed by atoms with Crippen LogP contribution in [0.1, 0.15) is 45.4 Å². The zero-order valence-corrected chi connectivity index (χ0v) is 14.7. The van der Waals surface area contributed by atoms with Crippen molar-refractivity contribution in [3.63, 3.8) is 0 Å². The molecule has 23 heavy (non-hydrogen) atoms. The topological polar surface area (TPSA) is 55.8 Å². The lowest BCUT2D eigenvalue weighted by Crippen LogP contribution is -2.39. The average molecular weight is 316 g/mol. The van der Waals surface area contributed by atoms with Crippen molar-refractivity contribution < 1.29 is 4.74 Å². The molecule has 0 saturated carbocycles. The molecule has 0 fully saturated rings. The van der Waals surface area contributed by atoms with Gasteiger partial charge in [0.2, 0.25) is 0 Å². The molecule has 0 bridgehead atoms. The van der Waals surface area contributed by atoms with Crippen LogP contribution >= 0.6 is 0 Å². The molecule has 1 aliphatic carbocycles. The molecular weight excluding hydrogens is 288 g/mol. The smallest absolute Gasteiger partial charge is 0.147 e. The summed E-state index contributed by atoms with van der Waals surface area (Å²) >= 11 is 0. The van der Waals surface area contributed by atoms with E-state index >= 15 is 0 Å². The molecule has 126 valence electrons. The summed E-state index contributed by atoms with van der Waals surface area (Å²) in [4.78, 5) is 2.43. The summed E-state index contributed by atoms with van der Waals surface area (Å²) in [5.74, 6) is 0.869. The Morgan fingerprint density at radius 1 is 1.26 bits per heavy atom. The quantitative estimate of drug-likeness (QED) is 0.890. The molecule has 0 unspecified atom stereocenters. The number of hydrogen-bond donors (Lipinski definition) is 1. The van der Waals surface area contributed by atoms with Crippen LogP contribution in [-0.4, -0.2) is 39.7 Å². The number of nitrogens with two attached hydrogens (primary N) is 1. The number of pyridine rings is 1. The van der Waals surface area contributed by atoms with Crippen molar-refractivity contribution in [2.75, 3.05) is 18.9 Å². The SMILES string of the molecule is CC(C)N(CCOc1cc2c(n3ncc(N)c13)CCC2)C(C)C.